The lowest BCUT2D eigenvalue weighted by atomic mass is 10.2. The zero-order valence-electron chi connectivity index (χ0n) is 13.4. The van der Waals surface area contributed by atoms with Crippen molar-refractivity contribution in [2.24, 2.45) is 0 Å². The lowest BCUT2D eigenvalue weighted by molar-refractivity contribution is 0.328. The van der Waals surface area contributed by atoms with Crippen LogP contribution < -0.4 is 19.6 Å². The third-order valence-electron chi connectivity index (χ3n) is 3.44. The molecule has 0 saturated carbocycles. The summed E-state index contributed by atoms with van der Waals surface area (Å²) in [6.07, 6.45) is 0. The maximum absolute atomic E-state index is 12.1. The van der Waals surface area contributed by atoms with E-state index < -0.39 is 5.63 Å². The van der Waals surface area contributed by atoms with Crippen LogP contribution >= 0.6 is 23.5 Å². The highest BCUT2D eigenvalue weighted by Crippen LogP contribution is 2.34. The SMILES string of the molecule is COc1ccc(N(O)Sc2cc3cc(Cl)ccc3oc2=O)cc1OC. The summed E-state index contributed by atoms with van der Waals surface area (Å²) in [7, 11) is 3.02. The molecule has 25 heavy (non-hydrogen) atoms. The van der Waals surface area contributed by atoms with E-state index in [9.17, 15) is 10.0 Å². The molecule has 1 N–H and O–H groups in total. The quantitative estimate of drug-likeness (QED) is 0.401. The Labute approximate surface area is 152 Å². The molecule has 130 valence electrons. The second kappa shape index (κ2) is 7.26. The van der Waals surface area contributed by atoms with Crippen LogP contribution in [-0.4, -0.2) is 19.4 Å². The van der Waals surface area contributed by atoms with Gasteiger partial charge in [0.1, 0.15) is 10.5 Å². The third-order valence-corrected chi connectivity index (χ3v) is 4.54. The monoisotopic (exact) mass is 379 g/mol. The minimum absolute atomic E-state index is 0.215. The number of nitrogens with zero attached hydrogens (tertiary/aromatic N) is 1. The van der Waals surface area contributed by atoms with Gasteiger partial charge in [0.25, 0.3) is 0 Å². The van der Waals surface area contributed by atoms with Crippen molar-refractivity contribution >= 4 is 40.2 Å². The molecule has 3 aromatic rings. The number of ether oxygens (including phenoxy) is 2. The number of rotatable bonds is 5. The summed E-state index contributed by atoms with van der Waals surface area (Å²) in [5.41, 5.74) is 0.280. The molecular weight excluding hydrogens is 366 g/mol. The average Bonchev–Trinajstić information content (AvgIpc) is 2.62. The molecule has 0 fully saturated rings. The van der Waals surface area contributed by atoms with Gasteiger partial charge in [0.05, 0.1) is 19.9 Å². The molecular formula is C17H14ClNO5S. The van der Waals surface area contributed by atoms with Crippen molar-refractivity contribution in [3.63, 3.8) is 0 Å². The van der Waals surface area contributed by atoms with Crippen LogP contribution in [-0.2, 0) is 0 Å². The van der Waals surface area contributed by atoms with Crippen LogP contribution in [0.2, 0.25) is 5.02 Å². The molecule has 0 amide bonds. The summed E-state index contributed by atoms with van der Waals surface area (Å²) in [6, 6.07) is 11.4. The van der Waals surface area contributed by atoms with Crippen molar-refractivity contribution in [2.75, 3.05) is 18.7 Å². The van der Waals surface area contributed by atoms with Gasteiger partial charge in [-0.15, -0.1) is 0 Å². The fourth-order valence-electron chi connectivity index (χ4n) is 2.23. The van der Waals surface area contributed by atoms with Crippen LogP contribution in [0.15, 0.2) is 56.6 Å². The van der Waals surface area contributed by atoms with Gasteiger partial charge in [-0.1, -0.05) is 11.6 Å². The van der Waals surface area contributed by atoms with Gasteiger partial charge in [0, 0.05) is 28.4 Å². The lowest BCUT2D eigenvalue weighted by Gasteiger charge is -2.16. The van der Waals surface area contributed by atoms with Crippen LogP contribution in [0.3, 0.4) is 0 Å². The van der Waals surface area contributed by atoms with Crippen molar-refractivity contribution in [1.29, 1.82) is 0 Å². The smallest absolute Gasteiger partial charge is 0.351 e. The highest BCUT2D eigenvalue weighted by atomic mass is 35.5. The first-order chi connectivity index (χ1) is 12.0. The molecule has 0 radical (unpaired) electrons. The Kier molecular flexibility index (Phi) is 5.08. The van der Waals surface area contributed by atoms with Crippen LogP contribution in [0.4, 0.5) is 5.69 Å². The van der Waals surface area contributed by atoms with Gasteiger partial charge in [-0.2, -0.15) is 4.47 Å². The largest absolute Gasteiger partial charge is 0.493 e. The van der Waals surface area contributed by atoms with E-state index in [1.807, 2.05) is 0 Å². The van der Waals surface area contributed by atoms with Crippen LogP contribution in [0.5, 0.6) is 11.5 Å². The summed E-state index contributed by atoms with van der Waals surface area (Å²) >= 11 is 6.78. The number of hydrogen-bond donors (Lipinski definition) is 1. The maximum atomic E-state index is 12.1. The molecule has 0 bridgehead atoms. The fourth-order valence-corrected chi connectivity index (χ4v) is 3.11. The van der Waals surface area contributed by atoms with Crippen molar-refractivity contribution in [3.8, 4) is 11.5 Å². The van der Waals surface area contributed by atoms with E-state index >= 15 is 0 Å². The molecule has 0 atom stereocenters. The highest BCUT2D eigenvalue weighted by Gasteiger charge is 2.14. The molecule has 8 heteroatoms. The van der Waals surface area contributed by atoms with Crippen LogP contribution in [0.25, 0.3) is 11.0 Å². The van der Waals surface area contributed by atoms with Gasteiger partial charge >= 0.3 is 5.63 Å². The summed E-state index contributed by atoms with van der Waals surface area (Å²) in [5, 5.41) is 11.5. The number of halogens is 1. The van der Waals surface area contributed by atoms with Gasteiger partial charge < -0.3 is 13.9 Å². The van der Waals surface area contributed by atoms with Gasteiger partial charge in [0.2, 0.25) is 0 Å². The van der Waals surface area contributed by atoms with Gasteiger partial charge in [0.15, 0.2) is 11.5 Å². The standard InChI is InChI=1S/C17H14ClNO5S/c1-22-14-6-4-12(9-15(14)23-2)19(21)25-16-8-10-7-11(18)3-5-13(10)24-17(16)20/h3-9,21H,1-2H3. The van der Waals surface area contributed by atoms with Gasteiger partial charge in [-0.25, -0.2) is 4.79 Å². The van der Waals surface area contributed by atoms with E-state index in [2.05, 4.69) is 0 Å². The fraction of sp³-hybridized carbons (Fsp3) is 0.118. The predicted octanol–water partition coefficient (Wildman–Crippen LogP) is 4.37. The second-order valence-electron chi connectivity index (χ2n) is 4.98. The molecule has 1 heterocycles. The molecule has 1 aromatic heterocycles. The molecule has 0 aliphatic carbocycles. The molecule has 0 aliphatic heterocycles. The first-order valence-electron chi connectivity index (χ1n) is 7.14. The Hall–Kier alpha value is -2.35. The minimum Gasteiger partial charge on any atom is -0.493 e. The Bertz CT molecular complexity index is 975. The minimum atomic E-state index is -0.556. The molecule has 0 aliphatic rings. The molecule has 0 spiro atoms. The summed E-state index contributed by atoms with van der Waals surface area (Å²) in [4.78, 5) is 12.3. The molecule has 2 aromatic carbocycles. The number of fused-ring (bicyclic) bond motifs is 1. The zero-order chi connectivity index (χ0) is 18.0. The van der Waals surface area contributed by atoms with E-state index in [0.717, 1.165) is 16.4 Å². The second-order valence-corrected chi connectivity index (χ2v) is 6.39. The molecule has 0 saturated heterocycles. The lowest BCUT2D eigenvalue weighted by Crippen LogP contribution is -2.12. The van der Waals surface area contributed by atoms with Crippen molar-refractivity contribution in [1.82, 2.24) is 0 Å². The first-order valence-corrected chi connectivity index (χ1v) is 8.29. The van der Waals surface area contributed by atoms with E-state index in [1.165, 1.54) is 14.2 Å². The number of benzene rings is 2. The summed E-state index contributed by atoms with van der Waals surface area (Å²) < 4.78 is 16.5. The van der Waals surface area contributed by atoms with Gasteiger partial charge in [-0.3, -0.25) is 5.21 Å². The normalized spacial score (nSPS) is 10.7. The first kappa shape index (κ1) is 17.5. The predicted molar refractivity (Wildman–Crippen MR) is 97.2 cm³/mol. The number of hydrogen-bond acceptors (Lipinski definition) is 7. The summed E-state index contributed by atoms with van der Waals surface area (Å²) in [5.74, 6) is 0.987. The summed E-state index contributed by atoms with van der Waals surface area (Å²) in [6.45, 7) is 0. The van der Waals surface area contributed by atoms with Crippen LogP contribution in [0.1, 0.15) is 0 Å². The Morgan fingerprint density at radius 3 is 2.56 bits per heavy atom. The topological polar surface area (TPSA) is 72.1 Å². The van der Waals surface area contributed by atoms with Crippen LogP contribution in [0, 0.1) is 0 Å². The Balaban J connectivity index is 1.92. The number of methoxy groups -OCH3 is 2. The van der Waals surface area contributed by atoms with Crippen molar-refractivity contribution in [2.45, 2.75) is 4.90 Å². The Morgan fingerprint density at radius 2 is 1.84 bits per heavy atom. The molecule has 6 nitrogen and oxygen atoms in total. The van der Waals surface area contributed by atoms with E-state index in [4.69, 9.17) is 25.5 Å². The third kappa shape index (κ3) is 3.68. The maximum Gasteiger partial charge on any atom is 0.351 e. The van der Waals surface area contributed by atoms with Crippen molar-refractivity contribution in [3.05, 3.63) is 57.9 Å². The zero-order valence-corrected chi connectivity index (χ0v) is 14.9. The number of anilines is 1. The van der Waals surface area contributed by atoms with E-state index in [-0.39, 0.29) is 4.90 Å². The average molecular weight is 380 g/mol. The van der Waals surface area contributed by atoms with Crippen molar-refractivity contribution < 1.29 is 19.1 Å². The van der Waals surface area contributed by atoms with Gasteiger partial charge in [-0.05, 0) is 36.4 Å². The Morgan fingerprint density at radius 1 is 1.08 bits per heavy atom. The van der Waals surface area contributed by atoms with E-state index in [1.54, 1.807) is 42.5 Å². The van der Waals surface area contributed by atoms with E-state index in [0.29, 0.717) is 33.2 Å². The molecule has 3 rings (SSSR count). The highest BCUT2D eigenvalue weighted by molar-refractivity contribution is 8.00. The molecule has 0 unspecified atom stereocenters.